The van der Waals surface area contributed by atoms with Crippen LogP contribution in [0, 0.1) is 0 Å². The first kappa shape index (κ1) is 23.3. The zero-order chi connectivity index (χ0) is 24.0. The number of aromatic nitrogens is 1. The van der Waals surface area contributed by atoms with Crippen molar-refractivity contribution in [1.29, 1.82) is 0 Å². The second kappa shape index (κ2) is 10.9. The van der Waals surface area contributed by atoms with Crippen LogP contribution in [0.4, 0.5) is 5.13 Å². The predicted octanol–water partition coefficient (Wildman–Crippen LogP) is 5.73. The number of carbonyl (C=O) groups excluding carboxylic acids is 2. The summed E-state index contributed by atoms with van der Waals surface area (Å²) in [6.45, 7) is 1.38. The Morgan fingerprint density at radius 2 is 1.54 bits per heavy atom. The molecule has 0 saturated carbocycles. The van der Waals surface area contributed by atoms with E-state index in [1.807, 2.05) is 52.7 Å². The fourth-order valence-electron chi connectivity index (χ4n) is 4.11. The van der Waals surface area contributed by atoms with Gasteiger partial charge in [-0.25, -0.2) is 4.98 Å². The molecule has 0 atom stereocenters. The van der Waals surface area contributed by atoms with Crippen molar-refractivity contribution in [1.82, 2.24) is 9.88 Å². The first-order valence-corrected chi connectivity index (χ1v) is 13.5. The summed E-state index contributed by atoms with van der Waals surface area (Å²) in [6.07, 6.45) is 0.883. The number of nitrogens with one attached hydrogen (secondary N) is 1. The van der Waals surface area contributed by atoms with Crippen molar-refractivity contribution in [3.8, 4) is 22.4 Å². The molecule has 4 aromatic rings. The molecule has 5 nitrogen and oxygen atoms in total. The summed E-state index contributed by atoms with van der Waals surface area (Å²) in [5, 5.41) is 5.37. The molecule has 2 heterocycles. The fourth-order valence-corrected chi connectivity index (χ4v) is 5.57. The normalized spacial score (nSPS) is 12.7. The number of carbonyl (C=O) groups is 2. The van der Waals surface area contributed by atoms with Gasteiger partial charge in [-0.1, -0.05) is 78.9 Å². The molecule has 0 fully saturated rings. The lowest BCUT2D eigenvalue weighted by Crippen LogP contribution is -2.37. The second-order valence-corrected chi connectivity index (χ2v) is 10.2. The largest absolute Gasteiger partial charge is 0.337 e. The highest BCUT2D eigenvalue weighted by atomic mass is 32.2. The lowest BCUT2D eigenvalue weighted by Gasteiger charge is -2.28. The van der Waals surface area contributed by atoms with Gasteiger partial charge in [-0.2, -0.15) is 0 Å². The highest BCUT2D eigenvalue weighted by Crippen LogP contribution is 2.28. The molecule has 5 rings (SSSR count). The average Bonchev–Trinajstić information content (AvgIpc) is 3.37. The van der Waals surface area contributed by atoms with E-state index in [1.54, 1.807) is 0 Å². The third-order valence-electron chi connectivity index (χ3n) is 5.98. The van der Waals surface area contributed by atoms with Gasteiger partial charge in [0.2, 0.25) is 11.8 Å². The van der Waals surface area contributed by atoms with Crippen molar-refractivity contribution in [2.45, 2.75) is 13.0 Å². The van der Waals surface area contributed by atoms with E-state index in [-0.39, 0.29) is 17.6 Å². The Labute approximate surface area is 213 Å². The van der Waals surface area contributed by atoms with Crippen molar-refractivity contribution < 1.29 is 9.59 Å². The predicted molar refractivity (Wildman–Crippen MR) is 145 cm³/mol. The van der Waals surface area contributed by atoms with E-state index in [0.717, 1.165) is 29.8 Å². The van der Waals surface area contributed by atoms with Crippen LogP contribution in [0.1, 0.15) is 11.1 Å². The van der Waals surface area contributed by atoms with Crippen LogP contribution in [0.15, 0.2) is 84.2 Å². The Balaban J connectivity index is 1.09. The molecule has 0 radical (unpaired) electrons. The van der Waals surface area contributed by atoms with E-state index in [0.29, 0.717) is 17.4 Å². The van der Waals surface area contributed by atoms with Gasteiger partial charge in [-0.3, -0.25) is 9.59 Å². The summed E-state index contributed by atoms with van der Waals surface area (Å²) in [6, 6.07) is 26.7. The van der Waals surface area contributed by atoms with Crippen LogP contribution in [0.25, 0.3) is 22.4 Å². The van der Waals surface area contributed by atoms with Crippen molar-refractivity contribution in [2.75, 3.05) is 23.4 Å². The van der Waals surface area contributed by atoms with Gasteiger partial charge < -0.3 is 10.2 Å². The van der Waals surface area contributed by atoms with Gasteiger partial charge in [0.05, 0.1) is 17.2 Å². The number of hydrogen-bond donors (Lipinski definition) is 1. The van der Waals surface area contributed by atoms with Gasteiger partial charge in [0.25, 0.3) is 0 Å². The van der Waals surface area contributed by atoms with Crippen molar-refractivity contribution in [3.63, 3.8) is 0 Å². The number of thiazole rings is 1. The second-order valence-electron chi connectivity index (χ2n) is 8.36. The zero-order valence-corrected chi connectivity index (χ0v) is 20.8. The summed E-state index contributed by atoms with van der Waals surface area (Å²) < 4.78 is 0. The van der Waals surface area contributed by atoms with Crippen LogP contribution in [0.3, 0.4) is 0 Å². The Morgan fingerprint density at radius 1 is 0.857 bits per heavy atom. The number of hydrogen-bond acceptors (Lipinski definition) is 5. The zero-order valence-electron chi connectivity index (χ0n) is 19.1. The van der Waals surface area contributed by atoms with Crippen LogP contribution in [0.5, 0.6) is 0 Å². The molecule has 1 aliphatic rings. The van der Waals surface area contributed by atoms with Crippen LogP contribution in [0.2, 0.25) is 0 Å². The van der Waals surface area contributed by atoms with E-state index in [1.165, 1.54) is 39.8 Å². The number of anilines is 1. The van der Waals surface area contributed by atoms with Crippen LogP contribution >= 0.6 is 23.1 Å². The lowest BCUT2D eigenvalue weighted by molar-refractivity contribution is -0.129. The SMILES string of the molecule is O=C(CSCC(=O)N1CCc2ccccc2C1)Nc1nc(-c2ccc(-c3ccccc3)cc2)cs1. The summed E-state index contributed by atoms with van der Waals surface area (Å²) in [4.78, 5) is 31.4. The third-order valence-corrected chi connectivity index (χ3v) is 7.66. The number of fused-ring (bicyclic) bond motifs is 1. The maximum Gasteiger partial charge on any atom is 0.236 e. The van der Waals surface area contributed by atoms with Gasteiger partial charge in [-0.15, -0.1) is 23.1 Å². The van der Waals surface area contributed by atoms with E-state index >= 15 is 0 Å². The van der Waals surface area contributed by atoms with E-state index in [4.69, 9.17) is 0 Å². The van der Waals surface area contributed by atoms with Crippen molar-refractivity contribution >= 4 is 40.0 Å². The fraction of sp³-hybridized carbons (Fsp3) is 0.179. The molecule has 0 unspecified atom stereocenters. The molecule has 0 aliphatic carbocycles. The minimum absolute atomic E-state index is 0.0767. The molecule has 0 saturated heterocycles. The molecule has 176 valence electrons. The first-order chi connectivity index (χ1) is 17.2. The summed E-state index contributed by atoms with van der Waals surface area (Å²) in [5.74, 6) is 0.448. The summed E-state index contributed by atoms with van der Waals surface area (Å²) in [7, 11) is 0. The number of benzene rings is 3. The van der Waals surface area contributed by atoms with Gasteiger partial charge in [0, 0.05) is 24.0 Å². The van der Waals surface area contributed by atoms with Gasteiger partial charge >= 0.3 is 0 Å². The van der Waals surface area contributed by atoms with Crippen LogP contribution in [-0.4, -0.2) is 39.7 Å². The molecule has 1 N–H and O–H groups in total. The van der Waals surface area contributed by atoms with Gasteiger partial charge in [0.15, 0.2) is 5.13 Å². The van der Waals surface area contributed by atoms with E-state index in [9.17, 15) is 9.59 Å². The number of nitrogens with zero attached hydrogens (tertiary/aromatic N) is 2. The topological polar surface area (TPSA) is 62.3 Å². The highest BCUT2D eigenvalue weighted by molar-refractivity contribution is 8.00. The maximum atomic E-state index is 12.6. The van der Waals surface area contributed by atoms with Crippen LogP contribution in [-0.2, 0) is 22.6 Å². The summed E-state index contributed by atoms with van der Waals surface area (Å²) in [5.41, 5.74) is 6.69. The Kier molecular flexibility index (Phi) is 7.25. The van der Waals surface area contributed by atoms with Crippen LogP contribution < -0.4 is 5.32 Å². The van der Waals surface area contributed by atoms with Crippen molar-refractivity contribution in [3.05, 3.63) is 95.4 Å². The molecule has 0 bridgehead atoms. The first-order valence-electron chi connectivity index (χ1n) is 11.5. The molecular formula is C28H25N3O2S2. The lowest BCUT2D eigenvalue weighted by atomic mass is 10.00. The Morgan fingerprint density at radius 3 is 2.34 bits per heavy atom. The standard InChI is InChI=1S/C28H25N3O2S2/c32-26(18-34-19-27(33)31-15-14-21-8-4-5-9-24(21)16-31)30-28-29-25(17-35-28)23-12-10-22(11-13-23)20-6-2-1-3-7-20/h1-13,17H,14-16,18-19H2,(H,29,30,32). The minimum Gasteiger partial charge on any atom is -0.337 e. The number of amides is 2. The number of rotatable bonds is 7. The van der Waals surface area contributed by atoms with E-state index in [2.05, 4.69) is 46.7 Å². The molecular weight excluding hydrogens is 474 g/mol. The molecule has 35 heavy (non-hydrogen) atoms. The Bertz CT molecular complexity index is 1320. The molecule has 3 aromatic carbocycles. The molecule has 0 spiro atoms. The molecule has 1 aromatic heterocycles. The molecule has 7 heteroatoms. The minimum atomic E-state index is -0.146. The average molecular weight is 500 g/mol. The summed E-state index contributed by atoms with van der Waals surface area (Å²) >= 11 is 2.74. The highest BCUT2D eigenvalue weighted by Gasteiger charge is 2.20. The van der Waals surface area contributed by atoms with Gasteiger partial charge in [0.1, 0.15) is 0 Å². The maximum absolute atomic E-state index is 12.6. The number of thioether (sulfide) groups is 1. The smallest absolute Gasteiger partial charge is 0.236 e. The van der Waals surface area contributed by atoms with Crippen molar-refractivity contribution in [2.24, 2.45) is 0 Å². The third kappa shape index (κ3) is 5.81. The monoisotopic (exact) mass is 499 g/mol. The quantitative estimate of drug-likeness (QED) is 0.353. The van der Waals surface area contributed by atoms with E-state index < -0.39 is 0 Å². The molecule has 1 aliphatic heterocycles. The Hall–Kier alpha value is -3.42. The van der Waals surface area contributed by atoms with Gasteiger partial charge in [-0.05, 0) is 28.7 Å². The molecule has 2 amide bonds.